The summed E-state index contributed by atoms with van der Waals surface area (Å²) >= 11 is 8.35. The van der Waals surface area contributed by atoms with Crippen LogP contribution in [0.4, 0.5) is 4.39 Å². The third kappa shape index (κ3) is 3.81. The van der Waals surface area contributed by atoms with Gasteiger partial charge in [-0.3, -0.25) is 0 Å². The molecule has 0 aliphatic heterocycles. The summed E-state index contributed by atoms with van der Waals surface area (Å²) in [6, 6.07) is 4.11. The lowest BCUT2D eigenvalue weighted by Crippen LogP contribution is -2.06. The highest BCUT2D eigenvalue weighted by Gasteiger charge is 2.20. The molecule has 3 aromatic rings. The zero-order chi connectivity index (χ0) is 18.0. The van der Waals surface area contributed by atoms with E-state index in [1.807, 2.05) is 0 Å². The number of esters is 2. The number of carbonyl (C=O) groups excluding carboxylic acids is 2. The number of hydrogen-bond acceptors (Lipinski definition) is 7. The summed E-state index contributed by atoms with van der Waals surface area (Å²) < 4.78 is 23.9. The fraction of sp³-hybridized carbons (Fsp3) is 0.188. The Kier molecular flexibility index (Phi) is 5.31. The number of aromatic nitrogens is 1. The lowest BCUT2D eigenvalue weighted by Gasteiger charge is -2.01. The first-order chi connectivity index (χ1) is 12.0. The van der Waals surface area contributed by atoms with Crippen molar-refractivity contribution in [1.29, 1.82) is 0 Å². The van der Waals surface area contributed by atoms with E-state index in [0.717, 1.165) is 22.7 Å². The first-order valence-electron chi connectivity index (χ1n) is 7.15. The third-order valence-electron chi connectivity index (χ3n) is 3.13. The molecule has 130 valence electrons. The first-order valence-corrected chi connectivity index (χ1v) is 9.23. The second kappa shape index (κ2) is 7.47. The Morgan fingerprint density at radius 2 is 2.08 bits per heavy atom. The molecule has 0 saturated heterocycles. The van der Waals surface area contributed by atoms with E-state index in [0.29, 0.717) is 15.8 Å². The van der Waals surface area contributed by atoms with Crippen LogP contribution < -0.4 is 0 Å². The molecule has 0 aliphatic rings. The molecular weight excluding hydrogens is 389 g/mol. The zero-order valence-electron chi connectivity index (χ0n) is 12.9. The van der Waals surface area contributed by atoms with Crippen molar-refractivity contribution in [1.82, 2.24) is 4.98 Å². The van der Waals surface area contributed by atoms with Gasteiger partial charge in [0.05, 0.1) is 17.3 Å². The molecular formula is C16H11ClFNO4S2. The molecule has 0 aliphatic carbocycles. The van der Waals surface area contributed by atoms with Gasteiger partial charge in [0.15, 0.2) is 0 Å². The Labute approximate surface area is 155 Å². The van der Waals surface area contributed by atoms with Crippen molar-refractivity contribution < 1.29 is 23.5 Å². The Hall–Kier alpha value is -2.03. The Morgan fingerprint density at radius 1 is 1.28 bits per heavy atom. The average molecular weight is 400 g/mol. The molecule has 0 saturated carbocycles. The minimum absolute atomic E-state index is 0.103. The average Bonchev–Trinajstić information content (AvgIpc) is 3.18. The van der Waals surface area contributed by atoms with Crippen LogP contribution in [0.3, 0.4) is 0 Å². The third-order valence-corrected chi connectivity index (χ3v) is 5.64. The Bertz CT molecular complexity index is 953. The summed E-state index contributed by atoms with van der Waals surface area (Å²) in [5.41, 5.74) is 0.435. The molecule has 0 atom stereocenters. The van der Waals surface area contributed by atoms with Crippen LogP contribution in [0.1, 0.15) is 32.1 Å². The minimum atomic E-state index is -0.628. The topological polar surface area (TPSA) is 65.5 Å². The number of thiazole rings is 1. The summed E-state index contributed by atoms with van der Waals surface area (Å²) in [4.78, 5) is 28.0. The van der Waals surface area contributed by atoms with Gasteiger partial charge in [0.25, 0.3) is 0 Å². The summed E-state index contributed by atoms with van der Waals surface area (Å²) in [5, 5.41) is 2.64. The Balaban J connectivity index is 1.71. The second-order valence-electron chi connectivity index (χ2n) is 4.83. The standard InChI is InChI=1S/C16H11ClFNO4S2/c1-2-22-16(21)14-19-9(7-24-14)6-23-15(20)13-12(17)10-4-3-8(18)5-11(10)25-13/h3-5,7H,2,6H2,1H3. The number of ether oxygens (including phenoxy) is 2. The van der Waals surface area contributed by atoms with Gasteiger partial charge in [0.1, 0.15) is 17.3 Å². The van der Waals surface area contributed by atoms with Crippen LogP contribution in [0.25, 0.3) is 10.1 Å². The molecule has 0 bridgehead atoms. The van der Waals surface area contributed by atoms with Gasteiger partial charge in [0.2, 0.25) is 5.01 Å². The van der Waals surface area contributed by atoms with Gasteiger partial charge in [0, 0.05) is 15.5 Å². The number of rotatable bonds is 5. The highest BCUT2D eigenvalue weighted by molar-refractivity contribution is 7.21. The smallest absolute Gasteiger partial charge is 0.367 e. The predicted octanol–water partition coefficient (Wildman–Crippen LogP) is 4.68. The number of benzene rings is 1. The number of halogens is 2. The fourth-order valence-electron chi connectivity index (χ4n) is 2.04. The van der Waals surface area contributed by atoms with E-state index in [1.54, 1.807) is 12.3 Å². The van der Waals surface area contributed by atoms with Crippen LogP contribution in [0.15, 0.2) is 23.6 Å². The minimum Gasteiger partial charge on any atom is -0.461 e. The van der Waals surface area contributed by atoms with Crippen molar-refractivity contribution in [3.8, 4) is 0 Å². The van der Waals surface area contributed by atoms with Gasteiger partial charge in [-0.05, 0) is 25.1 Å². The van der Waals surface area contributed by atoms with Gasteiger partial charge >= 0.3 is 11.9 Å². The molecule has 0 unspecified atom stereocenters. The molecule has 25 heavy (non-hydrogen) atoms. The molecule has 0 amide bonds. The number of carbonyl (C=O) groups is 2. The summed E-state index contributed by atoms with van der Waals surface area (Å²) in [6.07, 6.45) is 0. The molecule has 0 radical (unpaired) electrons. The van der Waals surface area contributed by atoms with Gasteiger partial charge < -0.3 is 9.47 Å². The highest BCUT2D eigenvalue weighted by atomic mass is 35.5. The fourth-order valence-corrected chi connectivity index (χ4v) is 4.16. The Morgan fingerprint density at radius 3 is 2.84 bits per heavy atom. The number of hydrogen-bond donors (Lipinski definition) is 0. The van der Waals surface area contributed by atoms with Gasteiger partial charge in [-0.15, -0.1) is 22.7 Å². The second-order valence-corrected chi connectivity index (χ2v) is 7.11. The molecule has 9 heteroatoms. The highest BCUT2D eigenvalue weighted by Crippen LogP contribution is 2.36. The normalized spacial score (nSPS) is 10.8. The van der Waals surface area contributed by atoms with E-state index in [-0.39, 0.29) is 28.1 Å². The molecule has 1 aromatic carbocycles. The van der Waals surface area contributed by atoms with E-state index >= 15 is 0 Å². The molecule has 3 rings (SSSR count). The first kappa shape index (κ1) is 17.8. The van der Waals surface area contributed by atoms with Crippen molar-refractivity contribution in [2.75, 3.05) is 6.61 Å². The monoisotopic (exact) mass is 399 g/mol. The van der Waals surface area contributed by atoms with E-state index in [4.69, 9.17) is 21.1 Å². The lowest BCUT2D eigenvalue weighted by molar-refractivity contribution is 0.0474. The molecule has 0 fully saturated rings. The molecule has 0 N–H and O–H groups in total. The van der Waals surface area contributed by atoms with Crippen molar-refractivity contribution in [2.24, 2.45) is 0 Å². The molecule has 2 aromatic heterocycles. The van der Waals surface area contributed by atoms with Crippen molar-refractivity contribution in [3.63, 3.8) is 0 Å². The number of thiophene rings is 1. The summed E-state index contributed by atoms with van der Waals surface area (Å²) in [6.45, 7) is 1.86. The van der Waals surface area contributed by atoms with Gasteiger partial charge in [-0.25, -0.2) is 19.0 Å². The maximum Gasteiger partial charge on any atom is 0.367 e. The summed E-state index contributed by atoms with van der Waals surface area (Å²) in [5.74, 6) is -1.55. The van der Waals surface area contributed by atoms with Gasteiger partial charge in [-0.1, -0.05) is 11.6 Å². The number of fused-ring (bicyclic) bond motifs is 1. The maximum atomic E-state index is 13.3. The van der Waals surface area contributed by atoms with E-state index < -0.39 is 17.8 Å². The SMILES string of the molecule is CCOC(=O)c1nc(COC(=O)c2sc3cc(F)ccc3c2Cl)cs1. The molecule has 0 spiro atoms. The van der Waals surface area contributed by atoms with Crippen LogP contribution in [-0.2, 0) is 16.1 Å². The van der Waals surface area contributed by atoms with Crippen molar-refractivity contribution >= 4 is 56.3 Å². The van der Waals surface area contributed by atoms with Gasteiger partial charge in [-0.2, -0.15) is 0 Å². The van der Waals surface area contributed by atoms with E-state index in [9.17, 15) is 14.0 Å². The maximum absolute atomic E-state index is 13.3. The molecule has 2 heterocycles. The van der Waals surface area contributed by atoms with Crippen LogP contribution in [-0.4, -0.2) is 23.5 Å². The van der Waals surface area contributed by atoms with Crippen LogP contribution in [0.5, 0.6) is 0 Å². The quantitative estimate of drug-likeness (QED) is 0.582. The zero-order valence-corrected chi connectivity index (χ0v) is 15.3. The largest absolute Gasteiger partial charge is 0.461 e. The van der Waals surface area contributed by atoms with E-state index in [1.165, 1.54) is 18.2 Å². The van der Waals surface area contributed by atoms with Crippen LogP contribution in [0, 0.1) is 5.82 Å². The van der Waals surface area contributed by atoms with Crippen molar-refractivity contribution in [2.45, 2.75) is 13.5 Å². The van der Waals surface area contributed by atoms with Crippen LogP contribution in [0.2, 0.25) is 5.02 Å². The van der Waals surface area contributed by atoms with E-state index in [2.05, 4.69) is 4.98 Å². The molecule has 5 nitrogen and oxygen atoms in total. The lowest BCUT2D eigenvalue weighted by atomic mass is 10.2. The summed E-state index contributed by atoms with van der Waals surface area (Å²) in [7, 11) is 0. The number of nitrogens with zero attached hydrogens (tertiary/aromatic N) is 1. The van der Waals surface area contributed by atoms with Crippen LogP contribution >= 0.6 is 34.3 Å². The van der Waals surface area contributed by atoms with Crippen molar-refractivity contribution in [3.05, 3.63) is 50.0 Å². The predicted molar refractivity (Wildman–Crippen MR) is 94.0 cm³/mol.